The first-order valence-corrected chi connectivity index (χ1v) is 15.9. The van der Waals surface area contributed by atoms with E-state index in [1.165, 1.54) is 9.13 Å². The van der Waals surface area contributed by atoms with Gasteiger partial charge in [-0.3, -0.25) is 0 Å². The maximum Gasteiger partial charge on any atom is 0.0645 e. The Morgan fingerprint density at radius 3 is 1.08 bits per heavy atom. The number of para-hydroxylation sites is 2. The van der Waals surface area contributed by atoms with E-state index in [4.69, 9.17) is 13.7 Å². The number of fused-ring (bicyclic) bond motifs is 6. The Balaban J connectivity index is 1.29. The van der Waals surface area contributed by atoms with Gasteiger partial charge in [-0.2, -0.15) is 0 Å². The van der Waals surface area contributed by atoms with Gasteiger partial charge in [0.05, 0.1) is 44.0 Å². The monoisotopic (exact) mass is 652 g/mol. The highest BCUT2D eigenvalue weighted by molar-refractivity contribution is 6.12. The van der Waals surface area contributed by atoms with Gasteiger partial charge in [0.1, 0.15) is 0 Å². The Morgan fingerprint density at radius 2 is 0.660 bits per heavy atom. The topological polar surface area (TPSA) is 9.86 Å². The molecular weight excluding hydrogens is 605 g/mol. The second-order valence-corrected chi connectivity index (χ2v) is 11.7. The summed E-state index contributed by atoms with van der Waals surface area (Å²) in [5, 5.41) is -0.590. The van der Waals surface area contributed by atoms with Gasteiger partial charge in [0.15, 0.2) is 0 Å². The van der Waals surface area contributed by atoms with E-state index in [2.05, 4.69) is 0 Å². The highest BCUT2D eigenvalue weighted by Gasteiger charge is 2.16. The van der Waals surface area contributed by atoms with Gasteiger partial charge in [-0.1, -0.05) is 133 Å². The van der Waals surface area contributed by atoms with Crippen LogP contribution in [0.4, 0.5) is 0 Å². The minimum Gasteiger partial charge on any atom is -0.309 e. The summed E-state index contributed by atoms with van der Waals surface area (Å²) in [4.78, 5) is 0. The first-order chi connectivity index (χ1) is 31.4. The Hall–Kier alpha value is -6.64. The number of hydrogen-bond donors (Lipinski definition) is 0. The first-order valence-electron chi connectivity index (χ1n) is 23.9. The maximum atomic E-state index is 9.79. The van der Waals surface area contributed by atoms with Crippen molar-refractivity contribution in [3.8, 4) is 44.8 Å². The highest BCUT2D eigenvalue weighted by atomic mass is 15.0. The second kappa shape index (κ2) is 11.5. The van der Waals surface area contributed by atoms with Crippen molar-refractivity contribution in [1.29, 1.82) is 0 Å². The molecule has 2 heterocycles. The van der Waals surface area contributed by atoms with Crippen molar-refractivity contribution >= 4 is 43.6 Å². The molecule has 0 bridgehead atoms. The summed E-state index contributed by atoms with van der Waals surface area (Å²) in [6.07, 6.45) is 0. The van der Waals surface area contributed by atoms with Crippen LogP contribution in [0.25, 0.3) is 88.4 Å². The van der Waals surface area contributed by atoms with E-state index in [1.54, 1.807) is 97.1 Å². The van der Waals surface area contributed by atoms with Crippen LogP contribution in [0, 0.1) is 0 Å². The standard InChI is InChI=1S/C48H32N2/c1-3-11-33(12-4-1)35-19-25-39(26-20-35)49-45-17-9-7-15-41(45)43-31-37(23-29-47(43)49)38-24-30-48-44(32-38)42-16-8-10-18-46(42)50(48)40-27-21-36(22-28-40)34-13-5-2-6-14-34/h1-32H/i1D,2D,7D,8D,9D,10D,15D,16D,17D,18D,23D,24D,29D,30D,31D,32D. The van der Waals surface area contributed by atoms with Gasteiger partial charge in [-0.05, 0) is 93.9 Å². The summed E-state index contributed by atoms with van der Waals surface area (Å²) >= 11 is 0. The molecule has 0 unspecified atom stereocenters. The van der Waals surface area contributed by atoms with Gasteiger partial charge >= 0.3 is 0 Å². The minimum absolute atomic E-state index is 0.0758. The van der Waals surface area contributed by atoms with Crippen LogP contribution in [-0.4, -0.2) is 9.13 Å². The van der Waals surface area contributed by atoms with Crippen LogP contribution in [0.5, 0.6) is 0 Å². The number of nitrogens with zero attached hydrogens (tertiary/aromatic N) is 2. The number of aromatic nitrogens is 2. The molecule has 2 nitrogen and oxygen atoms in total. The van der Waals surface area contributed by atoms with Gasteiger partial charge in [0.25, 0.3) is 0 Å². The average Bonchev–Trinajstić information content (AvgIpc) is 3.87. The van der Waals surface area contributed by atoms with Gasteiger partial charge in [-0.15, -0.1) is 0 Å². The lowest BCUT2D eigenvalue weighted by Crippen LogP contribution is -1.94. The summed E-state index contributed by atoms with van der Waals surface area (Å²) in [5.74, 6) is 0. The normalized spacial score (nSPS) is 16.1. The molecule has 234 valence electrons. The lowest BCUT2D eigenvalue weighted by atomic mass is 10.0. The lowest BCUT2D eigenvalue weighted by molar-refractivity contribution is 1.18. The molecule has 10 aromatic rings. The summed E-state index contributed by atoms with van der Waals surface area (Å²) < 4.78 is 147. The largest absolute Gasteiger partial charge is 0.309 e. The molecule has 0 amide bonds. The van der Waals surface area contributed by atoms with Gasteiger partial charge < -0.3 is 9.13 Å². The number of benzene rings is 8. The van der Waals surface area contributed by atoms with E-state index >= 15 is 0 Å². The van der Waals surface area contributed by atoms with Crippen molar-refractivity contribution in [3.63, 3.8) is 0 Å². The molecule has 50 heavy (non-hydrogen) atoms. The van der Waals surface area contributed by atoms with Crippen LogP contribution in [-0.2, 0) is 0 Å². The smallest absolute Gasteiger partial charge is 0.0645 e. The summed E-state index contributed by atoms with van der Waals surface area (Å²) in [6.45, 7) is 0. The van der Waals surface area contributed by atoms with E-state index in [0.717, 1.165) is 22.3 Å². The Labute approximate surface area is 313 Å². The molecule has 0 fully saturated rings. The molecule has 2 aromatic heterocycles. The van der Waals surface area contributed by atoms with Crippen molar-refractivity contribution in [2.45, 2.75) is 0 Å². The molecule has 0 N–H and O–H groups in total. The summed E-state index contributed by atoms with van der Waals surface area (Å²) in [7, 11) is 0. The third-order valence-corrected chi connectivity index (χ3v) is 8.92. The molecule has 0 aliphatic rings. The summed E-state index contributed by atoms with van der Waals surface area (Å²) in [5.41, 5.74) is 2.61. The maximum absolute atomic E-state index is 9.79. The van der Waals surface area contributed by atoms with E-state index in [1.807, 2.05) is 0 Å². The SMILES string of the molecule is [2H]c1ccc(-c2ccc(-n3c4c([2H])c([2H])c([2H])c([2H])c4c4c([2H])c(-c5c([2H])c([2H])c6c(c5[2H])c5c([2H])c([2H])c([2H])c([2H])c5n6-c5ccc(-c6ccc([2H])cc6)cc5)c([2H])c([2H])c43)cc2)cc1. The number of hydrogen-bond acceptors (Lipinski definition) is 0. The Kier molecular flexibility index (Phi) is 3.83. The van der Waals surface area contributed by atoms with E-state index in [-0.39, 0.29) is 43.6 Å². The van der Waals surface area contributed by atoms with E-state index < -0.39 is 95.7 Å². The molecule has 0 atom stereocenters. The van der Waals surface area contributed by atoms with Crippen molar-refractivity contribution in [2.24, 2.45) is 0 Å². The van der Waals surface area contributed by atoms with Crippen LogP contribution in [0.2, 0.25) is 0 Å². The third kappa shape index (κ3) is 4.57. The van der Waals surface area contributed by atoms with E-state index in [0.29, 0.717) is 23.5 Å². The van der Waals surface area contributed by atoms with Crippen LogP contribution < -0.4 is 0 Å². The van der Waals surface area contributed by atoms with Crippen molar-refractivity contribution in [2.75, 3.05) is 0 Å². The zero-order valence-electron chi connectivity index (χ0n) is 42.1. The second-order valence-electron chi connectivity index (χ2n) is 11.7. The van der Waals surface area contributed by atoms with E-state index in [9.17, 15) is 8.22 Å². The molecule has 0 spiro atoms. The Morgan fingerprint density at radius 1 is 0.300 bits per heavy atom. The van der Waals surface area contributed by atoms with Crippen LogP contribution in [0.1, 0.15) is 21.9 Å². The van der Waals surface area contributed by atoms with Crippen molar-refractivity contribution in [3.05, 3.63) is 194 Å². The predicted molar refractivity (Wildman–Crippen MR) is 211 cm³/mol. The number of rotatable bonds is 5. The zero-order valence-corrected chi connectivity index (χ0v) is 26.1. The third-order valence-electron chi connectivity index (χ3n) is 8.92. The van der Waals surface area contributed by atoms with Gasteiger partial charge in [0.2, 0.25) is 0 Å². The molecule has 0 radical (unpaired) electrons. The van der Waals surface area contributed by atoms with Crippen molar-refractivity contribution in [1.82, 2.24) is 9.13 Å². The minimum atomic E-state index is -0.639. The highest BCUT2D eigenvalue weighted by Crippen LogP contribution is 2.38. The quantitative estimate of drug-likeness (QED) is 0.175. The molecule has 0 saturated heterocycles. The fourth-order valence-corrected chi connectivity index (χ4v) is 6.56. The molecule has 10 rings (SSSR count). The summed E-state index contributed by atoms with van der Waals surface area (Å²) in [6, 6.07) is 20.3. The van der Waals surface area contributed by atoms with Crippen molar-refractivity contribution < 1.29 is 21.9 Å². The van der Waals surface area contributed by atoms with Crippen LogP contribution in [0.3, 0.4) is 0 Å². The Bertz CT molecular complexity index is 3480. The zero-order chi connectivity index (χ0) is 46.9. The molecule has 8 aromatic carbocycles. The fraction of sp³-hybridized carbons (Fsp3) is 0. The van der Waals surface area contributed by atoms with Crippen LogP contribution >= 0.6 is 0 Å². The average molecular weight is 653 g/mol. The van der Waals surface area contributed by atoms with Crippen LogP contribution in [0.15, 0.2) is 194 Å². The van der Waals surface area contributed by atoms with Gasteiger partial charge in [0, 0.05) is 32.9 Å². The lowest BCUT2D eigenvalue weighted by Gasteiger charge is -2.11. The first kappa shape index (κ1) is 16.6. The molecule has 0 aliphatic heterocycles. The molecule has 0 aliphatic carbocycles. The molecule has 2 heteroatoms. The predicted octanol–water partition coefficient (Wildman–Crippen LogP) is 12.9. The van der Waals surface area contributed by atoms with Gasteiger partial charge in [-0.25, -0.2) is 0 Å². The molecular formula is C48H32N2. The fourth-order valence-electron chi connectivity index (χ4n) is 6.56. The molecule has 0 saturated carbocycles.